The van der Waals surface area contributed by atoms with Gasteiger partial charge in [-0.25, -0.2) is 22.9 Å². The number of thiol groups is 1. The number of carbonyl (C=O) groups is 1. The number of pyridine rings is 1. The van der Waals surface area contributed by atoms with Gasteiger partial charge in [0.2, 0.25) is 16.8 Å². The monoisotopic (exact) mass is 216 g/mol. The van der Waals surface area contributed by atoms with Crippen LogP contribution in [0.25, 0.3) is 0 Å². The predicted molar refractivity (Wildman–Crippen MR) is 48.4 cm³/mol. The SMILES string of the molecule is Cc1ccc(OC(=O)N[SH](=O)=O)nc1. The first kappa shape index (κ1) is 10.5. The molecule has 0 bridgehead atoms. The summed E-state index contributed by atoms with van der Waals surface area (Å²) in [7, 11) is -2.99. The molecule has 1 aromatic rings. The van der Waals surface area contributed by atoms with E-state index in [4.69, 9.17) is 0 Å². The van der Waals surface area contributed by atoms with E-state index in [9.17, 15) is 13.2 Å². The number of nitrogens with one attached hydrogen (secondary N) is 1. The highest BCUT2D eigenvalue weighted by Gasteiger charge is 2.04. The summed E-state index contributed by atoms with van der Waals surface area (Å²) in [4.78, 5) is 14.5. The normalized spacial score (nSPS) is 9.86. The maximum absolute atomic E-state index is 10.8. The van der Waals surface area contributed by atoms with Crippen molar-refractivity contribution >= 4 is 17.0 Å². The summed E-state index contributed by atoms with van der Waals surface area (Å²) >= 11 is 0. The first-order chi connectivity index (χ1) is 6.58. The lowest BCUT2D eigenvalue weighted by atomic mass is 10.3. The highest BCUT2D eigenvalue weighted by molar-refractivity contribution is 7.70. The number of aromatic nitrogens is 1. The number of hydrogen-bond donors (Lipinski definition) is 2. The number of ether oxygens (including phenoxy) is 1. The van der Waals surface area contributed by atoms with E-state index in [2.05, 4.69) is 9.72 Å². The van der Waals surface area contributed by atoms with Gasteiger partial charge in [-0.05, 0) is 12.5 Å². The minimum atomic E-state index is -2.99. The maximum Gasteiger partial charge on any atom is 0.427 e. The van der Waals surface area contributed by atoms with Crippen molar-refractivity contribution in [1.29, 1.82) is 0 Å². The fourth-order valence-corrected chi connectivity index (χ4v) is 0.902. The van der Waals surface area contributed by atoms with Crippen molar-refractivity contribution in [2.24, 2.45) is 0 Å². The van der Waals surface area contributed by atoms with Gasteiger partial charge in [0, 0.05) is 12.3 Å². The molecule has 1 aromatic heterocycles. The van der Waals surface area contributed by atoms with Gasteiger partial charge < -0.3 is 4.74 Å². The van der Waals surface area contributed by atoms with Crippen LogP contribution in [0.2, 0.25) is 0 Å². The van der Waals surface area contributed by atoms with E-state index in [0.717, 1.165) is 5.56 Å². The topological polar surface area (TPSA) is 85.4 Å². The standard InChI is InChI=1S/C7H8N2O4S/c1-5-2-3-6(8-4-5)13-7(10)9-14(11)12/h2-4,14H,1H3,(H,9,10,11,12). The van der Waals surface area contributed by atoms with Gasteiger partial charge in [-0.1, -0.05) is 6.07 Å². The van der Waals surface area contributed by atoms with Crippen LogP contribution in [-0.2, 0) is 10.9 Å². The second kappa shape index (κ2) is 4.56. The van der Waals surface area contributed by atoms with Crippen LogP contribution in [0.5, 0.6) is 5.88 Å². The van der Waals surface area contributed by atoms with E-state index in [-0.39, 0.29) is 5.88 Å². The molecule has 6 nitrogen and oxygen atoms in total. The lowest BCUT2D eigenvalue weighted by Crippen LogP contribution is -2.25. The summed E-state index contributed by atoms with van der Waals surface area (Å²) < 4.78 is 26.2. The third kappa shape index (κ3) is 3.40. The molecule has 0 radical (unpaired) electrons. The number of amides is 1. The van der Waals surface area contributed by atoms with Gasteiger partial charge in [-0.2, -0.15) is 0 Å². The van der Waals surface area contributed by atoms with Gasteiger partial charge in [-0.15, -0.1) is 0 Å². The molecule has 0 saturated heterocycles. The van der Waals surface area contributed by atoms with Gasteiger partial charge in [0.15, 0.2) is 0 Å². The summed E-state index contributed by atoms with van der Waals surface area (Å²) in [6, 6.07) is 3.15. The number of nitrogens with zero attached hydrogens (tertiary/aromatic N) is 1. The zero-order chi connectivity index (χ0) is 10.6. The Morgan fingerprint density at radius 3 is 2.71 bits per heavy atom. The first-order valence-corrected chi connectivity index (χ1v) is 4.81. The van der Waals surface area contributed by atoms with Crippen LogP contribution in [0.1, 0.15) is 5.56 Å². The van der Waals surface area contributed by atoms with Crippen LogP contribution in [0.4, 0.5) is 4.79 Å². The zero-order valence-electron chi connectivity index (χ0n) is 7.26. The molecule has 0 spiro atoms. The molecule has 0 aliphatic heterocycles. The minimum Gasteiger partial charge on any atom is -0.391 e. The number of carbonyl (C=O) groups excluding carboxylic acids is 1. The van der Waals surface area contributed by atoms with E-state index < -0.39 is 17.0 Å². The van der Waals surface area contributed by atoms with E-state index in [1.165, 1.54) is 12.3 Å². The molecule has 0 aliphatic carbocycles. The summed E-state index contributed by atoms with van der Waals surface area (Å²) in [6.07, 6.45) is 0.428. The van der Waals surface area contributed by atoms with Crippen LogP contribution in [0.3, 0.4) is 0 Å². The molecular weight excluding hydrogens is 208 g/mol. The van der Waals surface area contributed by atoms with Crippen LogP contribution >= 0.6 is 0 Å². The van der Waals surface area contributed by atoms with Crippen molar-refractivity contribution in [2.75, 3.05) is 0 Å². The largest absolute Gasteiger partial charge is 0.427 e. The minimum absolute atomic E-state index is 0.0463. The molecule has 1 N–H and O–H groups in total. The molecule has 1 rings (SSSR count). The van der Waals surface area contributed by atoms with Gasteiger partial charge in [0.25, 0.3) is 0 Å². The third-order valence-electron chi connectivity index (χ3n) is 1.26. The van der Waals surface area contributed by atoms with E-state index in [1.54, 1.807) is 10.8 Å². The lowest BCUT2D eigenvalue weighted by molar-refractivity contribution is 0.205. The molecule has 1 amide bonds. The third-order valence-corrected chi connectivity index (χ3v) is 1.63. The molecule has 76 valence electrons. The Hall–Kier alpha value is -1.63. The van der Waals surface area contributed by atoms with Crippen LogP contribution in [0, 0.1) is 6.92 Å². The highest BCUT2D eigenvalue weighted by atomic mass is 32.2. The van der Waals surface area contributed by atoms with Crippen molar-refractivity contribution in [1.82, 2.24) is 9.71 Å². The quantitative estimate of drug-likeness (QED) is 0.680. The Bertz CT molecular complexity index is 391. The molecule has 0 unspecified atom stereocenters. The summed E-state index contributed by atoms with van der Waals surface area (Å²) in [5.74, 6) is 0.0463. The van der Waals surface area contributed by atoms with Crippen LogP contribution in [0.15, 0.2) is 18.3 Å². The second-order valence-corrected chi connectivity index (χ2v) is 3.17. The Morgan fingerprint density at radius 1 is 1.50 bits per heavy atom. The highest BCUT2D eigenvalue weighted by Crippen LogP contribution is 2.06. The molecule has 0 aliphatic rings. The fraction of sp³-hybridized carbons (Fsp3) is 0.143. The average molecular weight is 216 g/mol. The Labute approximate surface area is 82.0 Å². The molecule has 0 atom stereocenters. The summed E-state index contributed by atoms with van der Waals surface area (Å²) in [5.41, 5.74) is 0.910. The van der Waals surface area contributed by atoms with E-state index >= 15 is 0 Å². The Kier molecular flexibility index (Phi) is 3.41. The molecular formula is C7H8N2O4S. The number of hydrogen-bond acceptors (Lipinski definition) is 5. The first-order valence-electron chi connectivity index (χ1n) is 3.63. The lowest BCUT2D eigenvalue weighted by Gasteiger charge is -2.00. The predicted octanol–water partition coefficient (Wildman–Crippen LogP) is 0.00482. The molecule has 7 heteroatoms. The summed E-state index contributed by atoms with van der Waals surface area (Å²) in [5, 5.41) is 0. The van der Waals surface area contributed by atoms with Gasteiger partial charge >= 0.3 is 6.09 Å². The van der Waals surface area contributed by atoms with Gasteiger partial charge in [0.05, 0.1) is 0 Å². The molecule has 0 fully saturated rings. The maximum atomic E-state index is 10.8. The van der Waals surface area contributed by atoms with E-state index in [1.807, 2.05) is 6.92 Å². The number of rotatable bonds is 2. The Balaban J connectivity index is 2.60. The summed E-state index contributed by atoms with van der Waals surface area (Å²) in [6.45, 7) is 1.82. The molecule has 0 saturated carbocycles. The smallest absolute Gasteiger partial charge is 0.391 e. The van der Waals surface area contributed by atoms with Crippen molar-refractivity contribution in [3.8, 4) is 5.88 Å². The van der Waals surface area contributed by atoms with Crippen molar-refractivity contribution in [2.45, 2.75) is 6.92 Å². The van der Waals surface area contributed by atoms with Gasteiger partial charge in [-0.3, -0.25) is 0 Å². The zero-order valence-corrected chi connectivity index (χ0v) is 8.15. The van der Waals surface area contributed by atoms with Gasteiger partial charge in [0.1, 0.15) is 0 Å². The van der Waals surface area contributed by atoms with E-state index in [0.29, 0.717) is 0 Å². The van der Waals surface area contributed by atoms with Crippen molar-refractivity contribution in [3.63, 3.8) is 0 Å². The Morgan fingerprint density at radius 2 is 2.21 bits per heavy atom. The molecule has 0 aromatic carbocycles. The molecule has 14 heavy (non-hydrogen) atoms. The van der Waals surface area contributed by atoms with Crippen LogP contribution < -0.4 is 9.46 Å². The second-order valence-electron chi connectivity index (χ2n) is 2.43. The average Bonchev–Trinajstić information content (AvgIpc) is 2.07. The number of aryl methyl sites for hydroxylation is 1. The molecule has 1 heterocycles. The van der Waals surface area contributed by atoms with Crippen molar-refractivity contribution in [3.05, 3.63) is 23.9 Å². The van der Waals surface area contributed by atoms with Crippen molar-refractivity contribution < 1.29 is 17.9 Å². The van der Waals surface area contributed by atoms with Crippen LogP contribution in [-0.4, -0.2) is 19.5 Å². The fourth-order valence-electron chi connectivity index (χ4n) is 0.707.